The van der Waals surface area contributed by atoms with E-state index in [1.54, 1.807) is 31.4 Å². The molecule has 1 amide bonds. The number of benzene rings is 2. The topological polar surface area (TPSA) is 84.9 Å². The van der Waals surface area contributed by atoms with Gasteiger partial charge in [-0.15, -0.1) is 0 Å². The van der Waals surface area contributed by atoms with Crippen LogP contribution in [0.15, 0.2) is 48.5 Å². The van der Waals surface area contributed by atoms with Gasteiger partial charge >= 0.3 is 5.97 Å². The number of hydrogen-bond donors (Lipinski definition) is 2. The molecule has 1 aliphatic rings. The summed E-state index contributed by atoms with van der Waals surface area (Å²) >= 11 is 0. The first-order valence-electron chi connectivity index (χ1n) is 9.40. The average molecular weight is 383 g/mol. The van der Waals surface area contributed by atoms with Gasteiger partial charge in [0, 0.05) is 19.2 Å². The number of carbonyl (C=O) groups is 2. The van der Waals surface area contributed by atoms with E-state index >= 15 is 0 Å². The van der Waals surface area contributed by atoms with Gasteiger partial charge in [0.1, 0.15) is 11.5 Å². The van der Waals surface area contributed by atoms with Crippen molar-refractivity contribution in [1.29, 1.82) is 0 Å². The van der Waals surface area contributed by atoms with Crippen molar-refractivity contribution in [2.45, 2.75) is 32.1 Å². The van der Waals surface area contributed by atoms with Gasteiger partial charge in [-0.25, -0.2) is 0 Å². The fourth-order valence-corrected chi connectivity index (χ4v) is 3.27. The maximum absolute atomic E-state index is 12.2. The summed E-state index contributed by atoms with van der Waals surface area (Å²) in [5, 5.41) is 12.1. The van der Waals surface area contributed by atoms with Gasteiger partial charge in [-0.2, -0.15) is 0 Å². The molecule has 3 rings (SSSR count). The first kappa shape index (κ1) is 19.9. The Balaban J connectivity index is 1.53. The number of aliphatic carboxylic acids is 1. The van der Waals surface area contributed by atoms with E-state index in [-0.39, 0.29) is 12.3 Å². The summed E-state index contributed by atoms with van der Waals surface area (Å²) in [7, 11) is 1.68. The van der Waals surface area contributed by atoms with Gasteiger partial charge in [0.15, 0.2) is 0 Å². The largest absolute Gasteiger partial charge is 0.481 e. The van der Waals surface area contributed by atoms with Crippen molar-refractivity contribution in [3.63, 3.8) is 0 Å². The number of hydrogen-bond acceptors (Lipinski definition) is 4. The molecule has 1 saturated carbocycles. The molecule has 0 aliphatic heterocycles. The molecule has 28 heavy (non-hydrogen) atoms. The predicted octanol–water partition coefficient (Wildman–Crippen LogP) is 4.25. The third-order valence-corrected chi connectivity index (χ3v) is 5.16. The van der Waals surface area contributed by atoms with Crippen LogP contribution in [0.25, 0.3) is 0 Å². The molecule has 0 aromatic heterocycles. The summed E-state index contributed by atoms with van der Waals surface area (Å²) < 4.78 is 10.9. The van der Waals surface area contributed by atoms with Gasteiger partial charge in [-0.3, -0.25) is 9.59 Å². The third kappa shape index (κ3) is 4.89. The second kappa shape index (κ2) is 8.89. The molecule has 6 nitrogen and oxygen atoms in total. The van der Waals surface area contributed by atoms with E-state index in [4.69, 9.17) is 9.47 Å². The SMILES string of the molecule is COCCc1ccc(Oc2ccc(NC(=O)CC3(C(=O)O)CCC3)cc2)cc1. The lowest BCUT2D eigenvalue weighted by atomic mass is 9.66. The second-order valence-electron chi connectivity index (χ2n) is 7.18. The Hall–Kier alpha value is -2.86. The Morgan fingerprint density at radius 1 is 1.04 bits per heavy atom. The first-order chi connectivity index (χ1) is 13.5. The van der Waals surface area contributed by atoms with Gasteiger partial charge in [-0.05, 0) is 61.2 Å². The summed E-state index contributed by atoms with van der Waals surface area (Å²) in [6.07, 6.45) is 2.85. The van der Waals surface area contributed by atoms with E-state index in [2.05, 4.69) is 5.32 Å². The Morgan fingerprint density at radius 3 is 2.14 bits per heavy atom. The van der Waals surface area contributed by atoms with Crippen molar-refractivity contribution in [3.05, 3.63) is 54.1 Å². The smallest absolute Gasteiger partial charge is 0.310 e. The number of carbonyl (C=O) groups excluding carboxylic acids is 1. The van der Waals surface area contributed by atoms with Gasteiger partial charge in [0.2, 0.25) is 5.91 Å². The lowest BCUT2D eigenvalue weighted by molar-refractivity contribution is -0.157. The van der Waals surface area contributed by atoms with E-state index in [1.165, 1.54) is 5.56 Å². The molecule has 2 aromatic carbocycles. The minimum atomic E-state index is -0.886. The van der Waals surface area contributed by atoms with Crippen LogP contribution in [0, 0.1) is 5.41 Å². The lowest BCUT2D eigenvalue weighted by Gasteiger charge is -2.36. The van der Waals surface area contributed by atoms with Crippen molar-refractivity contribution in [2.24, 2.45) is 5.41 Å². The Bertz CT molecular complexity index is 810. The van der Waals surface area contributed by atoms with E-state index in [9.17, 15) is 14.7 Å². The average Bonchev–Trinajstić information content (AvgIpc) is 2.65. The molecule has 148 valence electrons. The minimum Gasteiger partial charge on any atom is -0.481 e. The highest BCUT2D eigenvalue weighted by molar-refractivity contribution is 5.94. The van der Waals surface area contributed by atoms with Crippen LogP contribution in [0.5, 0.6) is 11.5 Å². The molecule has 0 spiro atoms. The van der Waals surface area contributed by atoms with Crippen molar-refractivity contribution in [1.82, 2.24) is 0 Å². The molecular formula is C22H25NO5. The van der Waals surface area contributed by atoms with E-state index in [1.807, 2.05) is 24.3 Å². The van der Waals surface area contributed by atoms with Crippen LogP contribution in [-0.2, 0) is 20.7 Å². The maximum Gasteiger partial charge on any atom is 0.310 e. The molecule has 1 fully saturated rings. The summed E-state index contributed by atoms with van der Waals surface area (Å²) in [6.45, 7) is 0.682. The monoisotopic (exact) mass is 383 g/mol. The van der Waals surface area contributed by atoms with Crippen molar-refractivity contribution in [2.75, 3.05) is 19.0 Å². The molecule has 0 atom stereocenters. The van der Waals surface area contributed by atoms with Crippen LogP contribution in [0.2, 0.25) is 0 Å². The quantitative estimate of drug-likeness (QED) is 0.676. The van der Waals surface area contributed by atoms with Crippen molar-refractivity contribution >= 4 is 17.6 Å². The summed E-state index contributed by atoms with van der Waals surface area (Å²) in [4.78, 5) is 23.6. The zero-order chi connectivity index (χ0) is 20.0. The van der Waals surface area contributed by atoms with Crippen molar-refractivity contribution < 1.29 is 24.2 Å². The number of amides is 1. The summed E-state index contributed by atoms with van der Waals surface area (Å²) in [5.74, 6) is 0.225. The highest BCUT2D eigenvalue weighted by Crippen LogP contribution is 2.44. The number of methoxy groups -OCH3 is 1. The number of carboxylic acid groups (broad SMARTS) is 1. The number of ether oxygens (including phenoxy) is 2. The zero-order valence-electron chi connectivity index (χ0n) is 15.9. The van der Waals surface area contributed by atoms with Gasteiger partial charge < -0.3 is 19.9 Å². The van der Waals surface area contributed by atoms with Gasteiger partial charge in [0.05, 0.1) is 12.0 Å². The van der Waals surface area contributed by atoms with E-state index < -0.39 is 11.4 Å². The maximum atomic E-state index is 12.2. The van der Waals surface area contributed by atoms with Crippen LogP contribution >= 0.6 is 0 Å². The second-order valence-corrected chi connectivity index (χ2v) is 7.18. The number of anilines is 1. The van der Waals surface area contributed by atoms with Crippen LogP contribution in [0.3, 0.4) is 0 Å². The molecule has 0 radical (unpaired) electrons. The molecule has 0 unspecified atom stereocenters. The standard InChI is InChI=1S/C22H25NO5/c1-27-14-11-16-3-7-18(8-4-16)28-19-9-5-17(6-10-19)23-20(24)15-22(21(25)26)12-2-13-22/h3-10H,2,11-15H2,1H3,(H,23,24)(H,25,26). The van der Waals surface area contributed by atoms with Crippen LogP contribution in [-0.4, -0.2) is 30.7 Å². The Labute approximate surface area is 164 Å². The molecule has 0 bridgehead atoms. The fraction of sp³-hybridized carbons (Fsp3) is 0.364. The minimum absolute atomic E-state index is 0.00993. The van der Waals surface area contributed by atoms with Crippen LogP contribution in [0.4, 0.5) is 5.69 Å². The molecular weight excluding hydrogens is 358 g/mol. The highest BCUT2D eigenvalue weighted by Gasteiger charge is 2.45. The molecule has 0 saturated heterocycles. The van der Waals surface area contributed by atoms with E-state index in [0.717, 1.165) is 18.6 Å². The normalized spacial score (nSPS) is 14.8. The Kier molecular flexibility index (Phi) is 6.31. The predicted molar refractivity (Wildman–Crippen MR) is 106 cm³/mol. The lowest BCUT2D eigenvalue weighted by Crippen LogP contribution is -2.41. The molecule has 1 aliphatic carbocycles. The highest BCUT2D eigenvalue weighted by atomic mass is 16.5. The van der Waals surface area contributed by atoms with Gasteiger partial charge in [0.25, 0.3) is 0 Å². The molecule has 6 heteroatoms. The number of nitrogens with one attached hydrogen (secondary N) is 1. The molecule has 0 heterocycles. The fourth-order valence-electron chi connectivity index (χ4n) is 3.27. The van der Waals surface area contributed by atoms with E-state index in [0.29, 0.717) is 30.9 Å². The van der Waals surface area contributed by atoms with Crippen LogP contribution in [0.1, 0.15) is 31.2 Å². The molecule has 2 aromatic rings. The summed E-state index contributed by atoms with van der Waals surface area (Å²) in [5.41, 5.74) is 0.910. The number of carboxylic acids is 1. The van der Waals surface area contributed by atoms with Gasteiger partial charge in [-0.1, -0.05) is 18.6 Å². The van der Waals surface area contributed by atoms with Crippen LogP contribution < -0.4 is 10.1 Å². The first-order valence-corrected chi connectivity index (χ1v) is 9.40. The number of rotatable bonds is 9. The van der Waals surface area contributed by atoms with Crippen molar-refractivity contribution in [3.8, 4) is 11.5 Å². The Morgan fingerprint density at radius 2 is 1.64 bits per heavy atom. The third-order valence-electron chi connectivity index (χ3n) is 5.16. The zero-order valence-corrected chi connectivity index (χ0v) is 15.9. The molecule has 2 N–H and O–H groups in total. The summed E-state index contributed by atoms with van der Waals surface area (Å²) in [6, 6.07) is 14.8.